The third-order valence-corrected chi connectivity index (χ3v) is 3.78. The molecule has 1 unspecified atom stereocenters. The number of hydrogen-bond acceptors (Lipinski definition) is 1. The van der Waals surface area contributed by atoms with Crippen molar-refractivity contribution in [1.29, 1.82) is 0 Å². The fraction of sp³-hybridized carbons (Fsp3) is 0.579. The van der Waals surface area contributed by atoms with Crippen molar-refractivity contribution in [2.45, 2.75) is 47.0 Å². The summed E-state index contributed by atoms with van der Waals surface area (Å²) in [5, 5.41) is 0. The van der Waals surface area contributed by atoms with E-state index in [1.54, 1.807) is 0 Å². The quantitative estimate of drug-likeness (QED) is 0.591. The molecule has 1 atom stereocenters. The lowest BCUT2D eigenvalue weighted by molar-refractivity contribution is 0.308. The normalized spacial score (nSPS) is 20.4. The van der Waals surface area contributed by atoms with E-state index in [4.69, 9.17) is 0 Å². The van der Waals surface area contributed by atoms with E-state index in [2.05, 4.69) is 69.6 Å². The lowest BCUT2D eigenvalue weighted by Gasteiger charge is -2.34. The molecule has 0 aromatic carbocycles. The summed E-state index contributed by atoms with van der Waals surface area (Å²) in [6.07, 6.45) is 17.3. The average molecular weight is 273 g/mol. The molecule has 1 nitrogen and oxygen atoms in total. The van der Waals surface area contributed by atoms with Gasteiger partial charge in [-0.3, -0.25) is 0 Å². The maximum Gasteiger partial charge on any atom is 0.0360 e. The Morgan fingerprint density at radius 3 is 2.55 bits per heavy atom. The second-order valence-electron chi connectivity index (χ2n) is 6.59. The zero-order valence-electron chi connectivity index (χ0n) is 13.7. The summed E-state index contributed by atoms with van der Waals surface area (Å²) in [7, 11) is 0. The summed E-state index contributed by atoms with van der Waals surface area (Å²) in [6.45, 7) is 14.7. The number of hydrogen-bond donors (Lipinski definition) is 0. The molecule has 0 radical (unpaired) electrons. The molecule has 0 aliphatic heterocycles. The first-order chi connectivity index (χ1) is 9.49. The first-order valence-corrected chi connectivity index (χ1v) is 7.83. The summed E-state index contributed by atoms with van der Waals surface area (Å²) in [5.74, 6) is 0.731. The highest BCUT2D eigenvalue weighted by atomic mass is 15.1. The highest BCUT2D eigenvalue weighted by Gasteiger charge is 2.20. The molecule has 112 valence electrons. The van der Waals surface area contributed by atoms with Crippen molar-refractivity contribution in [3.8, 4) is 0 Å². The van der Waals surface area contributed by atoms with Crippen LogP contribution < -0.4 is 0 Å². The molecule has 0 heterocycles. The topological polar surface area (TPSA) is 3.24 Å². The molecule has 20 heavy (non-hydrogen) atoms. The predicted octanol–water partition coefficient (Wildman–Crippen LogP) is 5.34. The zero-order chi connectivity index (χ0) is 15.0. The van der Waals surface area contributed by atoms with Gasteiger partial charge in [-0.15, -0.1) is 6.58 Å². The van der Waals surface area contributed by atoms with Crippen molar-refractivity contribution in [2.24, 2.45) is 11.3 Å². The first-order valence-electron chi connectivity index (χ1n) is 7.83. The van der Waals surface area contributed by atoms with Gasteiger partial charge in [0.1, 0.15) is 0 Å². The lowest BCUT2D eigenvalue weighted by atomic mass is 9.90. The molecule has 1 rings (SSSR count). The molecular formula is C19H31N. The second kappa shape index (κ2) is 8.14. The van der Waals surface area contributed by atoms with Crippen LogP contribution in [0.2, 0.25) is 0 Å². The van der Waals surface area contributed by atoms with E-state index in [9.17, 15) is 0 Å². The maximum atomic E-state index is 3.90. The number of rotatable bonds is 6. The lowest BCUT2D eigenvalue weighted by Crippen LogP contribution is -2.30. The van der Waals surface area contributed by atoms with Gasteiger partial charge < -0.3 is 4.90 Å². The molecule has 0 saturated carbocycles. The van der Waals surface area contributed by atoms with Crippen molar-refractivity contribution in [3.63, 3.8) is 0 Å². The molecule has 1 aliphatic carbocycles. The Balaban J connectivity index is 2.64. The van der Waals surface area contributed by atoms with Gasteiger partial charge >= 0.3 is 0 Å². The third kappa shape index (κ3) is 5.40. The van der Waals surface area contributed by atoms with Crippen LogP contribution in [0.3, 0.4) is 0 Å². The third-order valence-electron chi connectivity index (χ3n) is 3.78. The van der Waals surface area contributed by atoms with Gasteiger partial charge in [-0.2, -0.15) is 0 Å². The van der Waals surface area contributed by atoms with Gasteiger partial charge in [0, 0.05) is 24.2 Å². The van der Waals surface area contributed by atoms with E-state index in [0.717, 1.165) is 19.0 Å². The van der Waals surface area contributed by atoms with Crippen molar-refractivity contribution in [1.82, 2.24) is 4.90 Å². The number of allylic oxidation sites excluding steroid dienone is 5. The van der Waals surface area contributed by atoms with Gasteiger partial charge in [-0.1, -0.05) is 57.2 Å². The number of nitrogens with zero attached hydrogens (tertiary/aromatic N) is 1. The SMILES string of the molecule is C=CCN(C/C=C\C1CC=CCC1)/C(=C\C)C(C)(C)C. The molecule has 0 bridgehead atoms. The van der Waals surface area contributed by atoms with Gasteiger partial charge in [0.15, 0.2) is 0 Å². The molecule has 0 aromatic heterocycles. The highest BCUT2D eigenvalue weighted by molar-refractivity contribution is 5.12. The van der Waals surface area contributed by atoms with Crippen molar-refractivity contribution >= 4 is 0 Å². The Hall–Kier alpha value is -1.24. The minimum atomic E-state index is 0.180. The molecule has 0 N–H and O–H groups in total. The van der Waals surface area contributed by atoms with Gasteiger partial charge in [-0.25, -0.2) is 0 Å². The van der Waals surface area contributed by atoms with Crippen molar-refractivity contribution in [2.75, 3.05) is 13.1 Å². The Morgan fingerprint density at radius 2 is 2.05 bits per heavy atom. The monoisotopic (exact) mass is 273 g/mol. The summed E-state index contributed by atoms with van der Waals surface area (Å²) in [4.78, 5) is 2.42. The molecule has 0 amide bonds. The molecule has 1 aliphatic rings. The minimum absolute atomic E-state index is 0.180. The molecular weight excluding hydrogens is 242 g/mol. The van der Waals surface area contributed by atoms with Crippen LogP contribution in [0.5, 0.6) is 0 Å². The van der Waals surface area contributed by atoms with Gasteiger partial charge in [-0.05, 0) is 32.1 Å². The van der Waals surface area contributed by atoms with E-state index in [1.165, 1.54) is 25.0 Å². The summed E-state index contributed by atoms with van der Waals surface area (Å²) < 4.78 is 0. The predicted molar refractivity (Wildman–Crippen MR) is 90.6 cm³/mol. The standard InChI is InChI=1S/C19H31N/c1-6-15-20(18(7-2)19(3,4)5)16-11-14-17-12-9-8-10-13-17/h6-9,11,14,17H,1,10,12-13,15-16H2,2-5H3/b14-11-,18-7-. The average Bonchev–Trinajstić information content (AvgIpc) is 2.39. The van der Waals surface area contributed by atoms with E-state index in [1.807, 2.05) is 6.08 Å². The van der Waals surface area contributed by atoms with Crippen LogP contribution in [0.1, 0.15) is 47.0 Å². The van der Waals surface area contributed by atoms with Crippen LogP contribution in [-0.4, -0.2) is 18.0 Å². The Kier molecular flexibility index (Phi) is 6.84. The van der Waals surface area contributed by atoms with Crippen LogP contribution >= 0.6 is 0 Å². The fourth-order valence-corrected chi connectivity index (χ4v) is 2.89. The van der Waals surface area contributed by atoms with E-state index < -0.39 is 0 Å². The second-order valence-corrected chi connectivity index (χ2v) is 6.59. The molecule has 0 fully saturated rings. The molecule has 0 aromatic rings. The van der Waals surface area contributed by atoms with Gasteiger partial charge in [0.25, 0.3) is 0 Å². The van der Waals surface area contributed by atoms with Crippen LogP contribution in [-0.2, 0) is 0 Å². The minimum Gasteiger partial charge on any atom is -0.367 e. The Labute approximate surface area is 125 Å². The maximum absolute atomic E-state index is 3.90. The van der Waals surface area contributed by atoms with Gasteiger partial charge in [0.2, 0.25) is 0 Å². The van der Waals surface area contributed by atoms with E-state index >= 15 is 0 Å². The summed E-state index contributed by atoms with van der Waals surface area (Å²) in [6, 6.07) is 0. The van der Waals surface area contributed by atoms with Crippen LogP contribution in [0.4, 0.5) is 0 Å². The van der Waals surface area contributed by atoms with Crippen molar-refractivity contribution in [3.05, 3.63) is 48.7 Å². The summed E-state index contributed by atoms with van der Waals surface area (Å²) in [5.41, 5.74) is 1.57. The van der Waals surface area contributed by atoms with Crippen LogP contribution in [0, 0.1) is 11.3 Å². The smallest absolute Gasteiger partial charge is 0.0360 e. The van der Waals surface area contributed by atoms with Crippen LogP contribution in [0.15, 0.2) is 48.7 Å². The van der Waals surface area contributed by atoms with E-state index in [0.29, 0.717) is 0 Å². The van der Waals surface area contributed by atoms with Crippen LogP contribution in [0.25, 0.3) is 0 Å². The molecule has 0 saturated heterocycles. The Bertz CT molecular complexity index is 379. The molecule has 1 heteroatoms. The first kappa shape index (κ1) is 16.8. The zero-order valence-corrected chi connectivity index (χ0v) is 13.7. The largest absolute Gasteiger partial charge is 0.367 e. The fourth-order valence-electron chi connectivity index (χ4n) is 2.89. The summed E-state index contributed by atoms with van der Waals surface area (Å²) >= 11 is 0. The van der Waals surface area contributed by atoms with Crippen molar-refractivity contribution < 1.29 is 0 Å². The van der Waals surface area contributed by atoms with Gasteiger partial charge in [0.05, 0.1) is 0 Å². The Morgan fingerprint density at radius 1 is 1.30 bits per heavy atom. The highest BCUT2D eigenvalue weighted by Crippen LogP contribution is 2.28. The molecule has 0 spiro atoms. The van der Waals surface area contributed by atoms with E-state index in [-0.39, 0.29) is 5.41 Å².